The van der Waals surface area contributed by atoms with E-state index in [1.165, 1.54) is 31.5 Å². The van der Waals surface area contributed by atoms with Crippen molar-refractivity contribution >= 4 is 5.57 Å². The maximum Gasteiger partial charge on any atom is 0.131 e. The largest absolute Gasteiger partial charge is 0.289 e. The lowest BCUT2D eigenvalue weighted by molar-refractivity contribution is 0.0990. The number of alkyl halides is 1. The van der Waals surface area contributed by atoms with Crippen molar-refractivity contribution < 1.29 is 13.2 Å². The van der Waals surface area contributed by atoms with E-state index in [-0.39, 0.29) is 12.1 Å². The Balaban J connectivity index is 1.66. The van der Waals surface area contributed by atoms with Crippen LogP contribution in [0.25, 0.3) is 5.57 Å². The van der Waals surface area contributed by atoms with Crippen molar-refractivity contribution in [3.63, 3.8) is 0 Å². The van der Waals surface area contributed by atoms with E-state index in [4.69, 9.17) is 0 Å². The van der Waals surface area contributed by atoms with Crippen molar-refractivity contribution in [2.75, 3.05) is 13.1 Å². The van der Waals surface area contributed by atoms with Gasteiger partial charge in [0, 0.05) is 18.7 Å². The third-order valence-corrected chi connectivity index (χ3v) is 7.63. The molecule has 0 aromatic heterocycles. The van der Waals surface area contributed by atoms with Crippen LogP contribution >= 0.6 is 0 Å². The number of hydrogen-bond donors (Lipinski definition) is 0. The van der Waals surface area contributed by atoms with E-state index in [0.29, 0.717) is 31.4 Å². The van der Waals surface area contributed by atoms with Gasteiger partial charge in [-0.15, -0.1) is 0 Å². The van der Waals surface area contributed by atoms with Crippen LogP contribution in [0.4, 0.5) is 13.2 Å². The predicted molar refractivity (Wildman–Crippen MR) is 152 cm³/mol. The van der Waals surface area contributed by atoms with Crippen LogP contribution in [0.5, 0.6) is 0 Å². The molecule has 1 aliphatic heterocycles. The number of aryl methyl sites for hydroxylation is 4. The summed E-state index contributed by atoms with van der Waals surface area (Å²) in [6.07, 6.45) is 4.13. The minimum absolute atomic E-state index is 0.0187. The van der Waals surface area contributed by atoms with Crippen LogP contribution in [0.1, 0.15) is 80.0 Å². The third-order valence-electron chi connectivity index (χ3n) is 7.63. The summed E-state index contributed by atoms with van der Waals surface area (Å²) in [5.74, 6) is -1.12. The maximum atomic E-state index is 15.8. The molecule has 4 heteroatoms. The predicted octanol–water partition coefficient (Wildman–Crippen LogP) is 8.98. The van der Waals surface area contributed by atoms with E-state index in [2.05, 4.69) is 50.2 Å². The highest BCUT2D eigenvalue weighted by Gasteiger charge is 2.36. The molecule has 0 saturated carbocycles. The Hall–Kier alpha value is -2.85. The number of benzene rings is 3. The van der Waals surface area contributed by atoms with Gasteiger partial charge in [-0.1, -0.05) is 61.9 Å². The lowest BCUT2D eigenvalue weighted by atomic mass is 9.83. The highest BCUT2D eigenvalue weighted by atomic mass is 19.1. The van der Waals surface area contributed by atoms with Gasteiger partial charge in [-0.2, -0.15) is 0 Å². The molecule has 38 heavy (non-hydrogen) atoms. The Kier molecular flexibility index (Phi) is 8.82. The highest BCUT2D eigenvalue weighted by Crippen LogP contribution is 2.43. The van der Waals surface area contributed by atoms with Crippen molar-refractivity contribution in [1.82, 2.24) is 4.90 Å². The van der Waals surface area contributed by atoms with Crippen LogP contribution in [0.2, 0.25) is 0 Å². The molecule has 0 bridgehead atoms. The van der Waals surface area contributed by atoms with Crippen molar-refractivity contribution in [3.05, 3.63) is 111 Å². The first kappa shape index (κ1) is 28.2. The van der Waals surface area contributed by atoms with E-state index in [0.717, 1.165) is 40.7 Å². The number of nitrogens with zero attached hydrogens (tertiary/aromatic N) is 1. The van der Waals surface area contributed by atoms with E-state index in [1.807, 2.05) is 24.0 Å². The smallest absolute Gasteiger partial charge is 0.131 e. The highest BCUT2D eigenvalue weighted by molar-refractivity contribution is 5.73. The molecule has 0 aliphatic carbocycles. The average Bonchev–Trinajstić information content (AvgIpc) is 2.85. The standard InChI is InChI=1S/C34H40F3N/c1-6-9-25-12-14-26(15-13-25)16-17-27-20-30(35)32(31(36)21-27)33-24(3)29(28-11-8-7-10-23(28)2)18-19-38(33)22-34(4,5)37/h7-8,10-15,20-21,33H,6,9,16-19,22H2,1-5H3. The summed E-state index contributed by atoms with van der Waals surface area (Å²) < 4.78 is 46.4. The lowest BCUT2D eigenvalue weighted by Gasteiger charge is -2.41. The molecular weight excluding hydrogens is 479 g/mol. The maximum absolute atomic E-state index is 15.8. The molecule has 0 fully saturated rings. The molecule has 0 spiro atoms. The first-order valence-corrected chi connectivity index (χ1v) is 13.8. The molecule has 0 N–H and O–H groups in total. The SMILES string of the molecule is CCCc1ccc(CCc2cc(F)c(C3C(C)=C(c4ccccc4C)CCN3CC(C)(C)F)c(F)c2)cc1. The minimum atomic E-state index is -1.49. The van der Waals surface area contributed by atoms with Gasteiger partial charge in [0.25, 0.3) is 0 Å². The fourth-order valence-electron chi connectivity index (χ4n) is 5.82. The molecule has 1 unspecified atom stereocenters. The topological polar surface area (TPSA) is 3.24 Å². The summed E-state index contributed by atoms with van der Waals surface area (Å²) in [5.41, 5.74) is 5.82. The number of rotatable bonds is 9. The average molecular weight is 520 g/mol. The summed E-state index contributed by atoms with van der Waals surface area (Å²) in [6, 6.07) is 18.8. The second-order valence-electron chi connectivity index (χ2n) is 11.4. The molecule has 1 heterocycles. The van der Waals surface area contributed by atoms with Crippen LogP contribution in [-0.2, 0) is 19.3 Å². The second-order valence-corrected chi connectivity index (χ2v) is 11.4. The molecule has 1 atom stereocenters. The molecule has 1 nitrogen and oxygen atoms in total. The van der Waals surface area contributed by atoms with Gasteiger partial charge < -0.3 is 0 Å². The third kappa shape index (κ3) is 6.58. The number of halogens is 3. The first-order chi connectivity index (χ1) is 18.1. The fourth-order valence-corrected chi connectivity index (χ4v) is 5.82. The minimum Gasteiger partial charge on any atom is -0.289 e. The summed E-state index contributed by atoms with van der Waals surface area (Å²) >= 11 is 0. The van der Waals surface area contributed by atoms with Crippen LogP contribution in [-0.4, -0.2) is 23.7 Å². The molecule has 0 amide bonds. The summed E-state index contributed by atoms with van der Waals surface area (Å²) in [6.45, 7) is 9.83. The van der Waals surface area contributed by atoms with Gasteiger partial charge in [0.2, 0.25) is 0 Å². The first-order valence-electron chi connectivity index (χ1n) is 13.8. The van der Waals surface area contributed by atoms with E-state index in [1.54, 1.807) is 0 Å². The quantitative estimate of drug-likeness (QED) is 0.273. The van der Waals surface area contributed by atoms with Crippen molar-refractivity contribution in [1.29, 1.82) is 0 Å². The van der Waals surface area contributed by atoms with Crippen LogP contribution in [0.3, 0.4) is 0 Å². The Bertz CT molecular complexity index is 1260. The molecule has 1 aliphatic rings. The Morgan fingerprint density at radius 1 is 0.842 bits per heavy atom. The molecular formula is C34H40F3N. The van der Waals surface area contributed by atoms with E-state index < -0.39 is 23.3 Å². The number of hydrogen-bond acceptors (Lipinski definition) is 1. The molecule has 202 valence electrons. The van der Waals surface area contributed by atoms with Gasteiger partial charge >= 0.3 is 0 Å². The summed E-state index contributed by atoms with van der Waals surface area (Å²) in [5, 5.41) is 0. The second kappa shape index (κ2) is 11.9. The van der Waals surface area contributed by atoms with Crippen molar-refractivity contribution in [2.45, 2.75) is 78.4 Å². The van der Waals surface area contributed by atoms with Crippen LogP contribution < -0.4 is 0 Å². The van der Waals surface area contributed by atoms with E-state index in [9.17, 15) is 4.39 Å². The normalized spacial score (nSPS) is 16.8. The molecule has 0 radical (unpaired) electrons. The lowest BCUT2D eigenvalue weighted by Crippen LogP contribution is -2.42. The summed E-state index contributed by atoms with van der Waals surface area (Å²) in [4.78, 5) is 1.90. The van der Waals surface area contributed by atoms with Crippen molar-refractivity contribution in [3.8, 4) is 0 Å². The summed E-state index contributed by atoms with van der Waals surface area (Å²) in [7, 11) is 0. The van der Waals surface area contributed by atoms with Gasteiger partial charge in [0.1, 0.15) is 17.3 Å². The van der Waals surface area contributed by atoms with Gasteiger partial charge in [-0.3, -0.25) is 4.90 Å². The fraction of sp³-hybridized carbons (Fsp3) is 0.412. The van der Waals surface area contributed by atoms with Crippen LogP contribution in [0, 0.1) is 18.6 Å². The van der Waals surface area contributed by atoms with E-state index >= 15 is 8.78 Å². The van der Waals surface area contributed by atoms with Gasteiger partial charge in [0.05, 0.1) is 6.04 Å². The molecule has 3 aromatic rings. The van der Waals surface area contributed by atoms with Crippen molar-refractivity contribution in [2.24, 2.45) is 0 Å². The zero-order chi connectivity index (χ0) is 27.4. The van der Waals surface area contributed by atoms with Gasteiger partial charge in [0.15, 0.2) is 0 Å². The molecule has 3 aromatic carbocycles. The van der Waals surface area contributed by atoms with Gasteiger partial charge in [-0.05, 0) is 104 Å². The molecule has 4 rings (SSSR count). The zero-order valence-electron chi connectivity index (χ0n) is 23.4. The van der Waals surface area contributed by atoms with Crippen LogP contribution in [0.15, 0.2) is 66.2 Å². The Morgan fingerprint density at radius 3 is 2.00 bits per heavy atom. The monoisotopic (exact) mass is 519 g/mol. The Labute approximate surface area is 226 Å². The van der Waals surface area contributed by atoms with Gasteiger partial charge in [-0.25, -0.2) is 13.2 Å². The zero-order valence-corrected chi connectivity index (χ0v) is 23.4. The molecule has 0 saturated heterocycles. The Morgan fingerprint density at radius 2 is 1.42 bits per heavy atom.